The van der Waals surface area contributed by atoms with Crippen LogP contribution in [0.15, 0.2) is 35.1 Å². The normalized spacial score (nSPS) is 15.6. The fourth-order valence-electron chi connectivity index (χ4n) is 4.17. The first kappa shape index (κ1) is 24.2. The first-order valence-corrected chi connectivity index (χ1v) is 12.7. The van der Waals surface area contributed by atoms with Gasteiger partial charge in [0.25, 0.3) is 5.56 Å². The topological polar surface area (TPSA) is 80.0 Å². The van der Waals surface area contributed by atoms with Crippen LogP contribution in [0, 0.1) is 0 Å². The van der Waals surface area contributed by atoms with Crippen LogP contribution in [-0.2, 0) is 4.74 Å². The van der Waals surface area contributed by atoms with Crippen LogP contribution in [-0.4, -0.2) is 57.4 Å². The van der Waals surface area contributed by atoms with Gasteiger partial charge in [0.05, 0.1) is 0 Å². The maximum absolute atomic E-state index is 12.4. The number of benzene rings is 1. The van der Waals surface area contributed by atoms with E-state index in [-0.39, 0.29) is 11.7 Å². The summed E-state index contributed by atoms with van der Waals surface area (Å²) in [7, 11) is 0. The molecule has 0 aliphatic carbocycles. The zero-order chi connectivity index (χ0) is 24.5. The molecule has 0 spiro atoms. The molecule has 0 radical (unpaired) electrons. The molecule has 1 fully saturated rings. The highest BCUT2D eigenvalue weighted by Crippen LogP contribution is 2.30. The van der Waals surface area contributed by atoms with Gasteiger partial charge in [0.1, 0.15) is 16.4 Å². The number of rotatable bonds is 5. The lowest BCUT2D eigenvalue weighted by Gasteiger charge is -2.36. The number of piperazine rings is 1. The van der Waals surface area contributed by atoms with Gasteiger partial charge in [0.2, 0.25) is 4.96 Å². The van der Waals surface area contributed by atoms with E-state index in [0.717, 1.165) is 23.4 Å². The molecule has 0 bridgehead atoms. The molecule has 1 unspecified atom stereocenters. The molecule has 4 rings (SSSR count). The highest BCUT2D eigenvalue weighted by molar-refractivity contribution is 7.19. The molecule has 1 aliphatic heterocycles. The summed E-state index contributed by atoms with van der Waals surface area (Å²) in [6.45, 7) is 12.2. The van der Waals surface area contributed by atoms with E-state index in [9.17, 15) is 9.59 Å². The molecule has 1 atom stereocenters. The molecule has 3 heterocycles. The smallest absolute Gasteiger partial charge is 0.410 e. The van der Waals surface area contributed by atoms with Gasteiger partial charge in [-0.05, 0) is 44.7 Å². The summed E-state index contributed by atoms with van der Waals surface area (Å²) in [4.78, 5) is 33.3. The lowest BCUT2D eigenvalue weighted by Crippen LogP contribution is -2.50. The predicted molar refractivity (Wildman–Crippen MR) is 136 cm³/mol. The molecular formula is C25H33N5O3S. The van der Waals surface area contributed by atoms with Crippen LogP contribution >= 0.6 is 11.3 Å². The Labute approximate surface area is 204 Å². The number of aromatic nitrogens is 3. The fraction of sp³-hybridized carbons (Fsp3) is 0.520. The Morgan fingerprint density at radius 1 is 1.18 bits per heavy atom. The van der Waals surface area contributed by atoms with Gasteiger partial charge < -0.3 is 14.5 Å². The summed E-state index contributed by atoms with van der Waals surface area (Å²) < 4.78 is 7.25. The van der Waals surface area contributed by atoms with Gasteiger partial charge in [-0.3, -0.25) is 4.79 Å². The predicted octanol–water partition coefficient (Wildman–Crippen LogP) is 4.78. The van der Waals surface area contributed by atoms with E-state index in [4.69, 9.17) is 9.84 Å². The Morgan fingerprint density at radius 3 is 2.59 bits per heavy atom. The molecule has 182 valence electrons. The summed E-state index contributed by atoms with van der Waals surface area (Å²) in [5.41, 5.74) is 1.51. The van der Waals surface area contributed by atoms with Crippen LogP contribution in [0.5, 0.6) is 0 Å². The lowest BCUT2D eigenvalue weighted by atomic mass is 9.95. The Morgan fingerprint density at radius 2 is 1.91 bits per heavy atom. The molecule has 1 amide bonds. The fourth-order valence-corrected chi connectivity index (χ4v) is 5.06. The molecule has 1 aromatic carbocycles. The second-order valence-electron chi connectivity index (χ2n) is 9.82. The lowest BCUT2D eigenvalue weighted by molar-refractivity contribution is 0.0240. The van der Waals surface area contributed by atoms with Crippen LogP contribution < -0.4 is 10.5 Å². The summed E-state index contributed by atoms with van der Waals surface area (Å²) in [5, 5.41) is 5.67. The Bertz CT molecular complexity index is 1220. The molecule has 1 aliphatic rings. The standard InChI is InChI=1S/C25H33N5O3S/c1-6-8-17(2)18-9-7-10-19(15-18)22-27-30-21(16-20(31)26-23(30)34-22)28-11-13-29(14-12-28)24(32)33-25(3,4)5/h7,9-10,15-17H,6,8,11-14H2,1-5H3. The van der Waals surface area contributed by atoms with Gasteiger partial charge in [-0.1, -0.05) is 49.8 Å². The quantitative estimate of drug-likeness (QED) is 0.520. The minimum Gasteiger partial charge on any atom is -0.444 e. The van der Waals surface area contributed by atoms with Crippen molar-refractivity contribution >= 4 is 28.2 Å². The number of hydrogen-bond acceptors (Lipinski definition) is 7. The maximum Gasteiger partial charge on any atom is 0.410 e. The second kappa shape index (κ2) is 9.74. The second-order valence-corrected chi connectivity index (χ2v) is 10.8. The third-order valence-electron chi connectivity index (χ3n) is 5.92. The highest BCUT2D eigenvalue weighted by atomic mass is 32.1. The summed E-state index contributed by atoms with van der Waals surface area (Å²) in [5.74, 6) is 1.19. The first-order valence-electron chi connectivity index (χ1n) is 11.9. The zero-order valence-electron chi connectivity index (χ0n) is 20.6. The zero-order valence-corrected chi connectivity index (χ0v) is 21.4. The number of carbonyl (C=O) groups excluding carboxylic acids is 1. The van der Waals surface area contributed by atoms with E-state index in [1.54, 1.807) is 9.42 Å². The van der Waals surface area contributed by atoms with Crippen molar-refractivity contribution in [1.82, 2.24) is 19.5 Å². The SMILES string of the molecule is CCCC(C)c1cccc(-c2nn3c(N4CCN(C(=O)OC(C)(C)C)CC4)cc(=O)nc3s2)c1. The van der Waals surface area contributed by atoms with Crippen molar-refractivity contribution in [2.45, 2.75) is 59.0 Å². The molecule has 1 saturated heterocycles. The molecule has 2 aromatic heterocycles. The van der Waals surface area contributed by atoms with E-state index >= 15 is 0 Å². The minimum atomic E-state index is -0.526. The number of carbonyl (C=O) groups is 1. The van der Waals surface area contributed by atoms with E-state index in [0.29, 0.717) is 42.9 Å². The summed E-state index contributed by atoms with van der Waals surface area (Å²) in [6.07, 6.45) is 1.97. The Hall–Kier alpha value is -2.94. The van der Waals surface area contributed by atoms with Crippen molar-refractivity contribution in [2.75, 3.05) is 31.1 Å². The van der Waals surface area contributed by atoms with Crippen LogP contribution in [0.4, 0.5) is 10.6 Å². The Kier molecular flexibility index (Phi) is 6.93. The molecule has 3 aromatic rings. The van der Waals surface area contributed by atoms with Crippen molar-refractivity contribution in [3.8, 4) is 10.6 Å². The van der Waals surface area contributed by atoms with E-state index in [2.05, 4.69) is 48.0 Å². The largest absolute Gasteiger partial charge is 0.444 e. The van der Waals surface area contributed by atoms with E-state index in [1.165, 1.54) is 23.0 Å². The van der Waals surface area contributed by atoms with Gasteiger partial charge in [-0.2, -0.15) is 14.6 Å². The molecule has 0 N–H and O–H groups in total. The first-order chi connectivity index (χ1) is 16.1. The number of hydrogen-bond donors (Lipinski definition) is 0. The molecule has 34 heavy (non-hydrogen) atoms. The number of amides is 1. The summed E-state index contributed by atoms with van der Waals surface area (Å²) >= 11 is 1.42. The Balaban J connectivity index is 1.58. The van der Waals surface area contributed by atoms with Gasteiger partial charge in [0, 0.05) is 37.8 Å². The van der Waals surface area contributed by atoms with Gasteiger partial charge in [-0.15, -0.1) is 0 Å². The van der Waals surface area contributed by atoms with Crippen molar-refractivity contribution in [2.24, 2.45) is 0 Å². The van der Waals surface area contributed by atoms with Gasteiger partial charge in [-0.25, -0.2) is 4.79 Å². The number of nitrogens with zero attached hydrogens (tertiary/aromatic N) is 5. The van der Waals surface area contributed by atoms with Crippen LogP contribution in [0.3, 0.4) is 0 Å². The molecular weight excluding hydrogens is 450 g/mol. The number of fused-ring (bicyclic) bond motifs is 1. The van der Waals surface area contributed by atoms with Crippen LogP contribution in [0.2, 0.25) is 0 Å². The van der Waals surface area contributed by atoms with Crippen molar-refractivity contribution in [1.29, 1.82) is 0 Å². The molecule has 8 nitrogen and oxygen atoms in total. The molecule has 9 heteroatoms. The van der Waals surface area contributed by atoms with Crippen LogP contribution in [0.1, 0.15) is 58.9 Å². The van der Waals surface area contributed by atoms with Gasteiger partial charge >= 0.3 is 6.09 Å². The average Bonchev–Trinajstić information content (AvgIpc) is 3.22. The highest BCUT2D eigenvalue weighted by Gasteiger charge is 2.27. The third-order valence-corrected chi connectivity index (χ3v) is 6.87. The van der Waals surface area contributed by atoms with Crippen molar-refractivity contribution in [3.63, 3.8) is 0 Å². The van der Waals surface area contributed by atoms with Crippen molar-refractivity contribution in [3.05, 3.63) is 46.2 Å². The monoisotopic (exact) mass is 483 g/mol. The molecule has 0 saturated carbocycles. The van der Waals surface area contributed by atoms with Crippen molar-refractivity contribution < 1.29 is 9.53 Å². The number of ether oxygens (including phenoxy) is 1. The van der Waals surface area contributed by atoms with E-state index in [1.807, 2.05) is 20.8 Å². The van der Waals surface area contributed by atoms with E-state index < -0.39 is 5.60 Å². The maximum atomic E-state index is 12.4. The van der Waals surface area contributed by atoms with Gasteiger partial charge in [0.15, 0.2) is 0 Å². The third kappa shape index (κ3) is 5.41. The van der Waals surface area contributed by atoms with Crippen LogP contribution in [0.25, 0.3) is 15.5 Å². The number of anilines is 1. The summed E-state index contributed by atoms with van der Waals surface area (Å²) in [6, 6.07) is 10.00. The average molecular weight is 484 g/mol. The minimum absolute atomic E-state index is 0.287.